The summed E-state index contributed by atoms with van der Waals surface area (Å²) in [4.78, 5) is 17.1. The van der Waals surface area contributed by atoms with Crippen LogP contribution in [0.1, 0.15) is 11.1 Å². The zero-order valence-corrected chi connectivity index (χ0v) is 28.8. The van der Waals surface area contributed by atoms with Gasteiger partial charge >= 0.3 is 0 Å². The van der Waals surface area contributed by atoms with Gasteiger partial charge in [-0.2, -0.15) is 0 Å². The van der Waals surface area contributed by atoms with E-state index >= 15 is 0 Å². The van der Waals surface area contributed by atoms with Gasteiger partial charge in [0.05, 0.1) is 30.1 Å². The molecule has 0 saturated carbocycles. The van der Waals surface area contributed by atoms with Gasteiger partial charge in [0, 0.05) is 27.5 Å². The number of halogens is 2. The predicted octanol–water partition coefficient (Wildman–Crippen LogP) is 8.70. The van der Waals surface area contributed by atoms with Gasteiger partial charge in [0.2, 0.25) is 9.84 Å². The highest BCUT2D eigenvalue weighted by molar-refractivity contribution is 7.91. The molecule has 12 heteroatoms. The highest BCUT2D eigenvalue weighted by atomic mass is 35.5. The van der Waals surface area contributed by atoms with Gasteiger partial charge in [0.1, 0.15) is 18.5 Å². The fraction of sp³-hybridized carbons (Fsp3) is 0.111. The summed E-state index contributed by atoms with van der Waals surface area (Å²) >= 11 is 6.00. The maximum atomic E-state index is 13.3. The van der Waals surface area contributed by atoms with Crippen LogP contribution in [0.4, 0.5) is 11.5 Å². The summed E-state index contributed by atoms with van der Waals surface area (Å²) in [5.74, 6) is 1.67. The van der Waals surface area contributed by atoms with Gasteiger partial charge in [-0.3, -0.25) is 0 Å². The summed E-state index contributed by atoms with van der Waals surface area (Å²) in [5.41, 5.74) is 4.76. The first-order valence-electron chi connectivity index (χ1n) is 14.5. The van der Waals surface area contributed by atoms with Crippen molar-refractivity contribution in [2.45, 2.75) is 23.8 Å². The van der Waals surface area contributed by atoms with Crippen LogP contribution >= 0.6 is 24.0 Å². The number of methoxy groups -OCH3 is 2. The molecule has 0 amide bonds. The summed E-state index contributed by atoms with van der Waals surface area (Å²) in [6, 6.07) is 27.6. The average molecular weight is 701 g/mol. The smallest absolute Gasteiger partial charge is 0.224 e. The molecule has 2 aromatic heterocycles. The molecule has 7 aromatic rings. The second-order valence-corrected chi connectivity index (χ2v) is 13.0. The summed E-state index contributed by atoms with van der Waals surface area (Å²) in [5, 5.41) is 7.13. The van der Waals surface area contributed by atoms with Gasteiger partial charge in [-0.25, -0.2) is 28.4 Å². The van der Waals surface area contributed by atoms with Crippen LogP contribution in [0.15, 0.2) is 114 Å². The Balaban J connectivity index is 0.000000192. The number of benzene rings is 5. The van der Waals surface area contributed by atoms with Crippen molar-refractivity contribution in [2.75, 3.05) is 19.5 Å². The van der Waals surface area contributed by atoms with E-state index in [0.717, 1.165) is 33.2 Å². The van der Waals surface area contributed by atoms with Crippen molar-refractivity contribution in [3.63, 3.8) is 0 Å². The van der Waals surface area contributed by atoms with Crippen LogP contribution in [-0.4, -0.2) is 42.6 Å². The van der Waals surface area contributed by atoms with E-state index in [1.165, 1.54) is 31.7 Å². The molecule has 7 rings (SSSR count). The van der Waals surface area contributed by atoms with Crippen molar-refractivity contribution in [1.82, 2.24) is 19.9 Å². The number of nitrogens with one attached hydrogen (secondary N) is 1. The number of hydrogen-bond donors (Lipinski definition) is 1. The van der Waals surface area contributed by atoms with E-state index in [1.807, 2.05) is 48.5 Å². The molecule has 0 unspecified atom stereocenters. The zero-order valence-electron chi connectivity index (χ0n) is 26.4. The molecule has 244 valence electrons. The van der Waals surface area contributed by atoms with Crippen molar-refractivity contribution < 1.29 is 17.9 Å². The molecule has 0 fully saturated rings. The first kappa shape index (κ1) is 34.3. The largest absolute Gasteiger partial charge is 0.493 e. The van der Waals surface area contributed by atoms with E-state index < -0.39 is 9.84 Å². The number of nitrogens with zero attached hydrogens (tertiary/aromatic N) is 4. The lowest BCUT2D eigenvalue weighted by Crippen LogP contribution is -2.06. The minimum Gasteiger partial charge on any atom is -0.493 e. The maximum Gasteiger partial charge on any atom is 0.224 e. The molecule has 0 spiro atoms. The molecule has 2 heterocycles. The van der Waals surface area contributed by atoms with Gasteiger partial charge in [0.15, 0.2) is 16.5 Å². The maximum absolute atomic E-state index is 13.3. The second kappa shape index (κ2) is 14.4. The average Bonchev–Trinajstić information content (AvgIpc) is 3.08. The summed E-state index contributed by atoms with van der Waals surface area (Å²) < 4.78 is 37.1. The van der Waals surface area contributed by atoms with E-state index in [-0.39, 0.29) is 22.3 Å². The Morgan fingerprint density at radius 1 is 0.667 bits per heavy atom. The Kier molecular flexibility index (Phi) is 10.3. The van der Waals surface area contributed by atoms with Crippen LogP contribution in [0.2, 0.25) is 5.02 Å². The first-order valence-corrected chi connectivity index (χ1v) is 16.4. The molecule has 5 aromatic carbocycles. The van der Waals surface area contributed by atoms with Gasteiger partial charge in [-0.1, -0.05) is 48.0 Å². The fourth-order valence-electron chi connectivity index (χ4n) is 5.14. The van der Waals surface area contributed by atoms with Gasteiger partial charge in [-0.05, 0) is 84.3 Å². The van der Waals surface area contributed by atoms with E-state index in [1.54, 1.807) is 36.7 Å². The van der Waals surface area contributed by atoms with E-state index in [4.69, 9.17) is 21.1 Å². The third kappa shape index (κ3) is 6.96. The molecular formula is C36H31Cl2N5O4S. The third-order valence-corrected chi connectivity index (χ3v) is 9.67. The fourth-order valence-corrected chi connectivity index (χ4v) is 6.72. The number of aromatic nitrogens is 4. The predicted molar refractivity (Wildman–Crippen MR) is 193 cm³/mol. The van der Waals surface area contributed by atoms with E-state index in [0.29, 0.717) is 27.4 Å². The third-order valence-electron chi connectivity index (χ3n) is 7.73. The van der Waals surface area contributed by atoms with Gasteiger partial charge in [-0.15, -0.1) is 12.4 Å². The van der Waals surface area contributed by atoms with Crippen LogP contribution < -0.4 is 14.8 Å². The molecule has 48 heavy (non-hydrogen) atoms. The van der Waals surface area contributed by atoms with Crippen molar-refractivity contribution in [3.05, 3.63) is 120 Å². The Morgan fingerprint density at radius 2 is 1.33 bits per heavy atom. The Labute approximate surface area is 289 Å². The minimum absolute atomic E-state index is 0. The Morgan fingerprint density at radius 3 is 2.06 bits per heavy atom. The molecule has 0 aliphatic heterocycles. The molecule has 0 radical (unpaired) electrons. The summed E-state index contributed by atoms with van der Waals surface area (Å²) in [6.07, 6.45) is 2.81. The molecule has 0 bridgehead atoms. The lowest BCUT2D eigenvalue weighted by molar-refractivity contribution is 0.355. The number of hydrogen-bond acceptors (Lipinski definition) is 9. The molecule has 1 N–H and O–H groups in total. The van der Waals surface area contributed by atoms with Crippen LogP contribution in [0, 0.1) is 13.8 Å². The SMILES string of the molecule is COc1cc2ncnc(S(=O)(=O)c3ccc4ccccc4c3)c2cc1OC.Cc1cc2ncnc(Nc3cccc(Cl)c3)c2cc1C.Cl. The normalized spacial score (nSPS) is 11.0. The van der Waals surface area contributed by atoms with E-state index in [9.17, 15) is 8.42 Å². The number of rotatable bonds is 6. The lowest BCUT2D eigenvalue weighted by atomic mass is 10.1. The second-order valence-electron chi connectivity index (χ2n) is 10.7. The highest BCUT2D eigenvalue weighted by Gasteiger charge is 2.24. The monoisotopic (exact) mass is 699 g/mol. The van der Waals surface area contributed by atoms with Crippen LogP contribution in [-0.2, 0) is 9.84 Å². The van der Waals surface area contributed by atoms with E-state index in [2.05, 4.69) is 51.2 Å². The molecule has 9 nitrogen and oxygen atoms in total. The standard InChI is InChI=1S/C20H16N2O4S.C16H14ClN3.ClH/c1-25-18-10-16-17(11-19(18)26-2)21-12-22-20(16)27(23,24)15-8-7-13-5-3-4-6-14(13)9-15;1-10-6-14-15(7-11(10)2)18-9-19-16(14)20-13-5-3-4-12(17)8-13;/h3-12H,1-2H3;3-9H,1-2H3,(H,18,19,20);1H. The number of anilines is 2. The number of ether oxygens (including phenoxy) is 2. The van der Waals surface area contributed by atoms with Crippen molar-refractivity contribution in [1.29, 1.82) is 0 Å². The summed E-state index contributed by atoms with van der Waals surface area (Å²) in [7, 11) is -0.846. The van der Waals surface area contributed by atoms with Gasteiger partial charge in [0.25, 0.3) is 0 Å². The molecule has 0 atom stereocenters. The van der Waals surface area contributed by atoms with Crippen LogP contribution in [0.25, 0.3) is 32.6 Å². The van der Waals surface area contributed by atoms with Crippen molar-refractivity contribution in [2.24, 2.45) is 0 Å². The number of sulfone groups is 1. The first-order chi connectivity index (χ1) is 22.7. The van der Waals surface area contributed by atoms with Gasteiger partial charge < -0.3 is 14.8 Å². The molecule has 0 saturated heterocycles. The topological polar surface area (TPSA) is 116 Å². The molecule has 0 aliphatic carbocycles. The minimum atomic E-state index is -3.85. The Bertz CT molecular complexity index is 2390. The highest BCUT2D eigenvalue weighted by Crippen LogP contribution is 2.35. The van der Waals surface area contributed by atoms with Crippen molar-refractivity contribution >= 4 is 77.9 Å². The lowest BCUT2D eigenvalue weighted by Gasteiger charge is -2.11. The van der Waals surface area contributed by atoms with Crippen molar-refractivity contribution in [3.8, 4) is 11.5 Å². The molecule has 0 aliphatic rings. The Hall–Kier alpha value is -5.03. The van der Waals surface area contributed by atoms with Crippen LogP contribution in [0.3, 0.4) is 0 Å². The van der Waals surface area contributed by atoms with Crippen LogP contribution in [0.5, 0.6) is 11.5 Å². The zero-order chi connectivity index (χ0) is 33.1. The number of aryl methyl sites for hydroxylation is 2. The number of fused-ring (bicyclic) bond motifs is 3. The summed E-state index contributed by atoms with van der Waals surface area (Å²) in [6.45, 7) is 4.17. The molecular weight excluding hydrogens is 669 g/mol. The quantitative estimate of drug-likeness (QED) is 0.170.